The zero-order valence-electron chi connectivity index (χ0n) is 33.0. The molecule has 0 spiro atoms. The van der Waals surface area contributed by atoms with Gasteiger partial charge in [0.2, 0.25) is 0 Å². The van der Waals surface area contributed by atoms with E-state index < -0.39 is 71.1 Å². The number of carbonyl (C=O) groups is 3. The Bertz CT molecular complexity index is 1460. The van der Waals surface area contributed by atoms with Gasteiger partial charge < -0.3 is 39.0 Å². The maximum Gasteiger partial charge on any atom is 0.311 e. The first-order valence-electron chi connectivity index (χ1n) is 19.6. The van der Waals surface area contributed by atoms with Crippen molar-refractivity contribution in [2.45, 2.75) is 163 Å². The Kier molecular flexibility index (Phi) is 10.1. The molecule has 11 nitrogen and oxygen atoms in total. The van der Waals surface area contributed by atoms with Crippen molar-refractivity contribution in [3.8, 4) is 0 Å². The van der Waals surface area contributed by atoms with Crippen LogP contribution in [0, 0.1) is 50.2 Å². The lowest BCUT2D eigenvalue weighted by Gasteiger charge is -2.72. The monoisotopic (exact) mass is 732 g/mol. The smallest absolute Gasteiger partial charge is 0.311 e. The van der Waals surface area contributed by atoms with E-state index in [1.807, 2.05) is 0 Å². The van der Waals surface area contributed by atoms with Crippen LogP contribution in [-0.2, 0) is 38.1 Å². The SMILES string of the molecule is COC(=O)[C@]1(C)CC[C@]2(C)CC[C@]3(C)C(=CCC4[C@]5(C)C(CC[C@]43C)[C@](C)(COC(C)=O)[C@@H](OC(C)=O)C[C@@H]5O[C@@H]3O[C@@H](C)[C@H](O)[C@@H](O)[C@H]3O)C2C1. The predicted molar refractivity (Wildman–Crippen MR) is 190 cm³/mol. The molecule has 0 bridgehead atoms. The quantitative estimate of drug-likeness (QED) is 0.186. The number of hydrogen-bond acceptors (Lipinski definition) is 11. The number of ether oxygens (including phenoxy) is 5. The van der Waals surface area contributed by atoms with Crippen molar-refractivity contribution in [1.29, 1.82) is 0 Å². The number of carbonyl (C=O) groups excluding carboxylic acids is 3. The molecule has 0 aromatic carbocycles. The molecular formula is C41H64O11. The fourth-order valence-electron chi connectivity index (χ4n) is 12.8. The maximum atomic E-state index is 13.2. The molecule has 1 saturated heterocycles. The maximum absolute atomic E-state index is 13.2. The van der Waals surface area contributed by atoms with Crippen molar-refractivity contribution in [2.75, 3.05) is 13.7 Å². The minimum absolute atomic E-state index is 0.0704. The van der Waals surface area contributed by atoms with Gasteiger partial charge in [0.15, 0.2) is 6.29 Å². The first kappa shape index (κ1) is 39.6. The molecule has 3 N–H and O–H groups in total. The second-order valence-electron chi connectivity index (χ2n) is 19.0. The van der Waals surface area contributed by atoms with Crippen LogP contribution in [-0.4, -0.2) is 89.9 Å². The van der Waals surface area contributed by atoms with E-state index in [1.54, 1.807) is 6.92 Å². The fourth-order valence-corrected chi connectivity index (χ4v) is 12.8. The van der Waals surface area contributed by atoms with Crippen LogP contribution in [0.2, 0.25) is 0 Å². The van der Waals surface area contributed by atoms with E-state index in [0.29, 0.717) is 0 Å². The summed E-state index contributed by atoms with van der Waals surface area (Å²) in [6, 6.07) is 0. The van der Waals surface area contributed by atoms with Gasteiger partial charge in [0.1, 0.15) is 31.0 Å². The standard InChI is InChI=1S/C41H64O11/c1-22-31(44)32(45)33(46)34(50-22)52-30-19-29(51-24(3)43)38(6,21-49-23(2)42)27-13-14-40(8)28(41(27,30)9)12-11-25-26-20-37(5,35(47)48-10)16-15-36(26,4)17-18-39(25,40)7/h11,22,26-34,44-46H,12-21H2,1-10H3/t22-,26?,27?,28?,29-,30-,31-,32+,33+,34-,36+,37+,38-,39+,40+,41-/m0/s1. The van der Waals surface area contributed by atoms with Crippen molar-refractivity contribution < 1.29 is 53.4 Å². The van der Waals surface area contributed by atoms with Gasteiger partial charge in [-0.25, -0.2) is 0 Å². The number of allylic oxidation sites excluding steroid dienone is 2. The summed E-state index contributed by atoms with van der Waals surface area (Å²) in [7, 11) is 1.49. The summed E-state index contributed by atoms with van der Waals surface area (Å²) in [6.45, 7) is 18.1. The molecule has 52 heavy (non-hydrogen) atoms. The average Bonchev–Trinajstić information content (AvgIpc) is 3.08. The van der Waals surface area contributed by atoms with Crippen LogP contribution < -0.4 is 0 Å². The summed E-state index contributed by atoms with van der Waals surface area (Å²) >= 11 is 0. The van der Waals surface area contributed by atoms with Gasteiger partial charge in [0.05, 0.1) is 24.7 Å². The van der Waals surface area contributed by atoms with E-state index in [4.69, 9.17) is 23.7 Å². The molecule has 6 rings (SSSR count). The minimum Gasteiger partial charge on any atom is -0.469 e. The van der Waals surface area contributed by atoms with Gasteiger partial charge in [-0.3, -0.25) is 14.4 Å². The first-order chi connectivity index (χ1) is 24.1. The molecule has 294 valence electrons. The number of aliphatic hydroxyl groups excluding tert-OH is 3. The number of hydrogen-bond donors (Lipinski definition) is 3. The first-order valence-corrected chi connectivity index (χ1v) is 19.6. The molecule has 1 aliphatic heterocycles. The van der Waals surface area contributed by atoms with Gasteiger partial charge in [0.25, 0.3) is 0 Å². The number of esters is 3. The molecule has 6 aliphatic rings. The number of methoxy groups -OCH3 is 1. The lowest BCUT2D eigenvalue weighted by molar-refractivity contribution is -0.341. The summed E-state index contributed by atoms with van der Waals surface area (Å²) < 4.78 is 30.1. The van der Waals surface area contributed by atoms with Crippen LogP contribution in [0.4, 0.5) is 0 Å². The van der Waals surface area contributed by atoms with Gasteiger partial charge in [-0.05, 0) is 99.2 Å². The van der Waals surface area contributed by atoms with Crippen LogP contribution in [0.1, 0.15) is 120 Å². The molecule has 11 heteroatoms. The molecule has 1 heterocycles. The van der Waals surface area contributed by atoms with Crippen LogP contribution in [0.25, 0.3) is 0 Å². The third kappa shape index (κ3) is 5.80. The average molecular weight is 733 g/mol. The van der Waals surface area contributed by atoms with Crippen molar-refractivity contribution in [2.24, 2.45) is 50.2 Å². The van der Waals surface area contributed by atoms with Gasteiger partial charge >= 0.3 is 17.9 Å². The minimum atomic E-state index is -1.49. The number of aliphatic hydroxyl groups is 3. The highest BCUT2D eigenvalue weighted by atomic mass is 16.7. The second-order valence-corrected chi connectivity index (χ2v) is 19.0. The lowest BCUT2D eigenvalue weighted by atomic mass is 9.33. The highest BCUT2D eigenvalue weighted by molar-refractivity contribution is 5.76. The Balaban J connectivity index is 1.46. The largest absolute Gasteiger partial charge is 0.469 e. The highest BCUT2D eigenvalue weighted by Gasteiger charge is 2.72. The highest BCUT2D eigenvalue weighted by Crippen LogP contribution is 2.76. The van der Waals surface area contributed by atoms with Crippen LogP contribution in [0.15, 0.2) is 11.6 Å². The Labute approximate surface area is 309 Å². The van der Waals surface area contributed by atoms with Crippen LogP contribution in [0.5, 0.6) is 0 Å². The number of fused-ring (bicyclic) bond motifs is 7. The Morgan fingerprint density at radius 2 is 1.54 bits per heavy atom. The van der Waals surface area contributed by atoms with E-state index in [0.717, 1.165) is 51.4 Å². The second kappa shape index (κ2) is 13.3. The van der Waals surface area contributed by atoms with E-state index in [2.05, 4.69) is 47.6 Å². The van der Waals surface area contributed by atoms with E-state index in [-0.39, 0.29) is 53.0 Å². The topological polar surface area (TPSA) is 158 Å². The Morgan fingerprint density at radius 3 is 2.17 bits per heavy atom. The van der Waals surface area contributed by atoms with Crippen LogP contribution >= 0.6 is 0 Å². The molecular weight excluding hydrogens is 668 g/mol. The zero-order valence-corrected chi connectivity index (χ0v) is 33.0. The summed E-state index contributed by atoms with van der Waals surface area (Å²) in [5.74, 6) is -0.796. The summed E-state index contributed by atoms with van der Waals surface area (Å²) in [6.07, 6.45) is 2.30. The van der Waals surface area contributed by atoms with E-state index in [1.165, 1.54) is 26.5 Å². The number of rotatable bonds is 6. The Morgan fingerprint density at radius 1 is 0.865 bits per heavy atom. The molecule has 3 unspecified atom stereocenters. The molecule has 0 aromatic heterocycles. The normalized spacial score (nSPS) is 51.4. The fraction of sp³-hybridized carbons (Fsp3) is 0.878. The lowest BCUT2D eigenvalue weighted by Crippen LogP contribution is -2.70. The zero-order chi connectivity index (χ0) is 38.4. The van der Waals surface area contributed by atoms with Crippen molar-refractivity contribution in [1.82, 2.24) is 0 Å². The third-order valence-electron chi connectivity index (χ3n) is 16.3. The summed E-state index contributed by atoms with van der Waals surface area (Å²) in [5, 5.41) is 32.4. The third-order valence-corrected chi connectivity index (χ3v) is 16.3. The Hall–Kier alpha value is -2.05. The molecule has 0 aromatic rings. The molecule has 16 atom stereocenters. The molecule has 0 amide bonds. The van der Waals surface area contributed by atoms with Crippen molar-refractivity contribution in [3.63, 3.8) is 0 Å². The van der Waals surface area contributed by atoms with E-state index in [9.17, 15) is 29.7 Å². The molecule has 5 aliphatic carbocycles. The van der Waals surface area contributed by atoms with Gasteiger partial charge in [-0.1, -0.05) is 46.3 Å². The van der Waals surface area contributed by atoms with Crippen molar-refractivity contribution in [3.05, 3.63) is 11.6 Å². The van der Waals surface area contributed by atoms with Gasteiger partial charge in [-0.15, -0.1) is 0 Å². The summed E-state index contributed by atoms with van der Waals surface area (Å²) in [4.78, 5) is 38.1. The van der Waals surface area contributed by atoms with Crippen LogP contribution in [0.3, 0.4) is 0 Å². The molecule has 0 radical (unpaired) electrons. The molecule has 5 fully saturated rings. The molecule has 4 saturated carbocycles. The van der Waals surface area contributed by atoms with Crippen molar-refractivity contribution >= 4 is 17.9 Å². The van der Waals surface area contributed by atoms with Gasteiger partial charge in [-0.2, -0.15) is 0 Å². The predicted octanol–water partition coefficient (Wildman–Crippen LogP) is 5.26. The van der Waals surface area contributed by atoms with E-state index >= 15 is 0 Å². The van der Waals surface area contributed by atoms with Gasteiger partial charge in [0, 0.05) is 31.1 Å². The summed E-state index contributed by atoms with van der Waals surface area (Å²) in [5.41, 5.74) is -0.701.